The van der Waals surface area contributed by atoms with E-state index in [0.29, 0.717) is 11.5 Å². The standard InChI is InChI=1S/C17H15NO2/c1-12(19)14-8-2-3-9-15(14)20-16-10-4-6-13-7-5-11-18-17(13)16/h2-12,19H,1H3/t12-/m1/s1. The number of aliphatic hydroxyl groups is 1. The SMILES string of the molecule is C[C@@H](O)c1ccccc1Oc1cccc2cccnc12. The number of nitrogens with zero attached hydrogens (tertiary/aromatic N) is 1. The zero-order valence-corrected chi connectivity index (χ0v) is 11.2. The average Bonchev–Trinajstić information content (AvgIpc) is 2.48. The molecule has 2 aromatic carbocycles. The Morgan fingerprint density at radius 1 is 0.950 bits per heavy atom. The summed E-state index contributed by atoms with van der Waals surface area (Å²) in [4.78, 5) is 4.36. The molecule has 0 saturated carbocycles. The van der Waals surface area contributed by atoms with Crippen LogP contribution in [0.5, 0.6) is 11.5 Å². The Labute approximate surface area is 117 Å². The van der Waals surface area contributed by atoms with Crippen molar-refractivity contribution in [3.8, 4) is 11.5 Å². The first-order valence-corrected chi connectivity index (χ1v) is 6.54. The van der Waals surface area contributed by atoms with Crippen LogP contribution in [0.2, 0.25) is 0 Å². The Bertz CT molecular complexity index is 732. The summed E-state index contributed by atoms with van der Waals surface area (Å²) in [7, 11) is 0. The largest absolute Gasteiger partial charge is 0.455 e. The van der Waals surface area contributed by atoms with Gasteiger partial charge in [-0.3, -0.25) is 4.98 Å². The molecule has 3 heteroatoms. The van der Waals surface area contributed by atoms with E-state index in [-0.39, 0.29) is 0 Å². The molecule has 0 spiro atoms. The Morgan fingerprint density at radius 3 is 2.55 bits per heavy atom. The van der Waals surface area contributed by atoms with Crippen LogP contribution in [0.25, 0.3) is 10.9 Å². The van der Waals surface area contributed by atoms with Crippen LogP contribution in [-0.4, -0.2) is 10.1 Å². The number of rotatable bonds is 3. The third-order valence-corrected chi connectivity index (χ3v) is 3.18. The van der Waals surface area contributed by atoms with E-state index in [1.807, 2.05) is 54.6 Å². The Hall–Kier alpha value is -2.39. The third kappa shape index (κ3) is 2.36. The van der Waals surface area contributed by atoms with E-state index >= 15 is 0 Å². The van der Waals surface area contributed by atoms with Gasteiger partial charge in [0, 0.05) is 17.1 Å². The predicted octanol–water partition coefficient (Wildman–Crippen LogP) is 4.08. The maximum atomic E-state index is 9.80. The van der Waals surface area contributed by atoms with Gasteiger partial charge in [-0.2, -0.15) is 0 Å². The number of hydrogen-bond donors (Lipinski definition) is 1. The van der Waals surface area contributed by atoms with Gasteiger partial charge >= 0.3 is 0 Å². The van der Waals surface area contributed by atoms with Crippen molar-refractivity contribution >= 4 is 10.9 Å². The van der Waals surface area contributed by atoms with Crippen LogP contribution in [0.15, 0.2) is 60.8 Å². The highest BCUT2D eigenvalue weighted by atomic mass is 16.5. The number of pyridine rings is 1. The first kappa shape index (κ1) is 12.6. The molecule has 1 atom stereocenters. The molecular weight excluding hydrogens is 250 g/mol. The first-order chi connectivity index (χ1) is 9.75. The molecule has 0 unspecified atom stereocenters. The molecule has 3 aromatic rings. The summed E-state index contributed by atoms with van der Waals surface area (Å²) in [5.41, 5.74) is 1.58. The van der Waals surface area contributed by atoms with Crippen LogP contribution in [-0.2, 0) is 0 Å². The average molecular weight is 265 g/mol. The highest BCUT2D eigenvalue weighted by Crippen LogP contribution is 2.32. The van der Waals surface area contributed by atoms with E-state index in [4.69, 9.17) is 4.74 Å². The lowest BCUT2D eigenvalue weighted by Crippen LogP contribution is -1.96. The molecule has 1 N–H and O–H groups in total. The van der Waals surface area contributed by atoms with Gasteiger partial charge in [-0.1, -0.05) is 36.4 Å². The summed E-state index contributed by atoms with van der Waals surface area (Å²) in [6.07, 6.45) is 1.17. The van der Waals surface area contributed by atoms with Gasteiger partial charge in [0.15, 0.2) is 5.75 Å². The molecule has 0 aliphatic heterocycles. The summed E-state index contributed by atoms with van der Waals surface area (Å²) in [5, 5.41) is 10.8. The third-order valence-electron chi connectivity index (χ3n) is 3.18. The molecule has 3 rings (SSSR count). The van der Waals surface area contributed by atoms with Crippen LogP contribution in [0.3, 0.4) is 0 Å². The normalized spacial score (nSPS) is 12.3. The van der Waals surface area contributed by atoms with E-state index in [1.165, 1.54) is 0 Å². The van der Waals surface area contributed by atoms with Crippen molar-refractivity contribution in [3.05, 3.63) is 66.4 Å². The lowest BCUT2D eigenvalue weighted by molar-refractivity contribution is 0.195. The van der Waals surface area contributed by atoms with Gasteiger partial charge < -0.3 is 9.84 Å². The topological polar surface area (TPSA) is 42.4 Å². The lowest BCUT2D eigenvalue weighted by atomic mass is 10.1. The maximum absolute atomic E-state index is 9.80. The fraction of sp³-hybridized carbons (Fsp3) is 0.118. The van der Waals surface area contributed by atoms with Crippen LogP contribution in [0.4, 0.5) is 0 Å². The van der Waals surface area contributed by atoms with Gasteiger partial charge in [-0.25, -0.2) is 0 Å². The quantitative estimate of drug-likeness (QED) is 0.775. The van der Waals surface area contributed by atoms with E-state index < -0.39 is 6.10 Å². The predicted molar refractivity (Wildman–Crippen MR) is 78.9 cm³/mol. The number of hydrogen-bond acceptors (Lipinski definition) is 3. The summed E-state index contributed by atoms with van der Waals surface area (Å²) in [5.74, 6) is 1.34. The van der Waals surface area contributed by atoms with Crippen molar-refractivity contribution in [2.45, 2.75) is 13.0 Å². The number of aromatic nitrogens is 1. The Morgan fingerprint density at radius 2 is 1.70 bits per heavy atom. The summed E-state index contributed by atoms with van der Waals surface area (Å²) >= 11 is 0. The first-order valence-electron chi connectivity index (χ1n) is 6.54. The number of para-hydroxylation sites is 2. The zero-order valence-electron chi connectivity index (χ0n) is 11.2. The second-order valence-electron chi connectivity index (χ2n) is 4.65. The highest BCUT2D eigenvalue weighted by molar-refractivity contribution is 5.84. The smallest absolute Gasteiger partial charge is 0.153 e. The zero-order chi connectivity index (χ0) is 13.9. The van der Waals surface area contributed by atoms with Gasteiger partial charge in [0.1, 0.15) is 11.3 Å². The molecule has 3 nitrogen and oxygen atoms in total. The van der Waals surface area contributed by atoms with Crippen molar-refractivity contribution in [1.29, 1.82) is 0 Å². The summed E-state index contributed by atoms with van der Waals surface area (Å²) < 4.78 is 5.96. The highest BCUT2D eigenvalue weighted by Gasteiger charge is 2.11. The molecular formula is C17H15NO2. The minimum Gasteiger partial charge on any atom is -0.455 e. The second kappa shape index (κ2) is 5.31. The van der Waals surface area contributed by atoms with Crippen LogP contribution in [0, 0.1) is 0 Å². The van der Waals surface area contributed by atoms with E-state index in [2.05, 4.69) is 4.98 Å². The summed E-state index contributed by atoms with van der Waals surface area (Å²) in [6.45, 7) is 1.73. The number of benzene rings is 2. The van der Waals surface area contributed by atoms with Crippen molar-refractivity contribution in [3.63, 3.8) is 0 Å². The van der Waals surface area contributed by atoms with Crippen molar-refractivity contribution in [2.75, 3.05) is 0 Å². The molecule has 1 heterocycles. The van der Waals surface area contributed by atoms with E-state index in [9.17, 15) is 5.11 Å². The van der Waals surface area contributed by atoms with Crippen LogP contribution < -0.4 is 4.74 Å². The molecule has 0 aliphatic carbocycles. The van der Waals surface area contributed by atoms with Gasteiger partial charge in [0.2, 0.25) is 0 Å². The van der Waals surface area contributed by atoms with Gasteiger partial charge in [0.25, 0.3) is 0 Å². The second-order valence-corrected chi connectivity index (χ2v) is 4.65. The molecule has 0 bridgehead atoms. The van der Waals surface area contributed by atoms with Gasteiger partial charge in [0.05, 0.1) is 6.10 Å². The van der Waals surface area contributed by atoms with Gasteiger partial charge in [-0.15, -0.1) is 0 Å². The van der Waals surface area contributed by atoms with Crippen LogP contribution in [0.1, 0.15) is 18.6 Å². The minimum atomic E-state index is -0.575. The monoisotopic (exact) mass is 265 g/mol. The number of fused-ring (bicyclic) bond motifs is 1. The molecule has 0 amide bonds. The Kier molecular flexibility index (Phi) is 3.35. The fourth-order valence-electron chi connectivity index (χ4n) is 2.20. The molecule has 0 radical (unpaired) electrons. The molecule has 0 aliphatic rings. The van der Waals surface area contributed by atoms with Gasteiger partial charge in [-0.05, 0) is 25.1 Å². The molecule has 0 fully saturated rings. The molecule has 100 valence electrons. The fourth-order valence-corrected chi connectivity index (χ4v) is 2.20. The lowest BCUT2D eigenvalue weighted by Gasteiger charge is -2.13. The molecule has 1 aromatic heterocycles. The maximum Gasteiger partial charge on any atom is 0.153 e. The van der Waals surface area contributed by atoms with Crippen molar-refractivity contribution in [2.24, 2.45) is 0 Å². The van der Waals surface area contributed by atoms with E-state index in [0.717, 1.165) is 16.5 Å². The number of ether oxygens (including phenoxy) is 1. The summed E-state index contributed by atoms with van der Waals surface area (Å²) in [6, 6.07) is 17.2. The Balaban J connectivity index is 2.06. The minimum absolute atomic E-state index is 0.575. The van der Waals surface area contributed by atoms with Crippen molar-refractivity contribution in [1.82, 2.24) is 4.98 Å². The van der Waals surface area contributed by atoms with Crippen molar-refractivity contribution < 1.29 is 9.84 Å². The van der Waals surface area contributed by atoms with Crippen LogP contribution >= 0.6 is 0 Å². The molecule has 0 saturated heterocycles. The molecule has 20 heavy (non-hydrogen) atoms. The van der Waals surface area contributed by atoms with E-state index in [1.54, 1.807) is 13.1 Å². The number of aliphatic hydroxyl groups excluding tert-OH is 1.